The van der Waals surface area contributed by atoms with Gasteiger partial charge in [0.2, 0.25) is 5.91 Å². The van der Waals surface area contributed by atoms with Gasteiger partial charge in [0.25, 0.3) is 5.91 Å². The lowest BCUT2D eigenvalue weighted by molar-refractivity contribution is -0.135. The van der Waals surface area contributed by atoms with Crippen molar-refractivity contribution >= 4 is 11.8 Å². The van der Waals surface area contributed by atoms with E-state index >= 15 is 0 Å². The second-order valence-electron chi connectivity index (χ2n) is 6.65. The lowest BCUT2D eigenvalue weighted by Crippen LogP contribution is -2.44. The molecule has 0 aromatic carbocycles. The molecule has 2 heterocycles. The van der Waals surface area contributed by atoms with E-state index in [-0.39, 0.29) is 23.4 Å². The van der Waals surface area contributed by atoms with Crippen molar-refractivity contribution in [2.24, 2.45) is 20.0 Å². The molecule has 1 aromatic heterocycles. The smallest absolute Gasteiger partial charge is 0.328 e. The first-order chi connectivity index (χ1) is 11.4. The number of hydrogen-bond donors (Lipinski definition) is 0. The third-order valence-corrected chi connectivity index (χ3v) is 4.84. The van der Waals surface area contributed by atoms with Crippen LogP contribution in [0, 0.1) is 5.92 Å². The number of unbranched alkanes of at least 4 members (excludes halogenated alkanes) is 1. The highest BCUT2D eigenvalue weighted by Gasteiger charge is 2.30. The van der Waals surface area contributed by atoms with E-state index in [1.165, 1.54) is 9.13 Å². The van der Waals surface area contributed by atoms with Gasteiger partial charge in [0, 0.05) is 52.9 Å². The third-order valence-electron chi connectivity index (χ3n) is 4.84. The molecule has 0 aliphatic carbocycles. The number of rotatable bonds is 5. The number of hydrogen-bond acceptors (Lipinski definition) is 3. The van der Waals surface area contributed by atoms with Gasteiger partial charge in [-0.05, 0) is 19.3 Å². The Balaban J connectivity index is 1.95. The molecule has 1 fully saturated rings. The minimum absolute atomic E-state index is 0.00417. The molecule has 0 unspecified atom stereocenters. The van der Waals surface area contributed by atoms with Crippen molar-refractivity contribution in [1.29, 1.82) is 0 Å². The predicted molar refractivity (Wildman–Crippen MR) is 91.8 cm³/mol. The van der Waals surface area contributed by atoms with Gasteiger partial charge in [-0.3, -0.25) is 14.2 Å². The quantitative estimate of drug-likeness (QED) is 0.800. The van der Waals surface area contributed by atoms with E-state index in [0.29, 0.717) is 31.6 Å². The standard InChI is InChI=1S/C17H28N4O3/c1-5-6-9-18(2)15(22)13-7-10-21(11-8-13)16(23)14-12-19(3)17(24)20(14)4/h12-13H,5-11H2,1-4H3. The van der Waals surface area contributed by atoms with Gasteiger partial charge in [0.05, 0.1) is 0 Å². The van der Waals surface area contributed by atoms with E-state index in [4.69, 9.17) is 0 Å². The molecule has 1 saturated heterocycles. The maximum absolute atomic E-state index is 12.6. The molecule has 134 valence electrons. The first-order valence-electron chi connectivity index (χ1n) is 8.63. The Hall–Kier alpha value is -2.05. The van der Waals surface area contributed by atoms with Crippen LogP contribution in [0.4, 0.5) is 0 Å². The van der Waals surface area contributed by atoms with Gasteiger partial charge < -0.3 is 14.4 Å². The van der Waals surface area contributed by atoms with Crippen LogP contribution in [0.15, 0.2) is 11.0 Å². The number of aryl methyl sites for hydroxylation is 1. The molecule has 7 heteroatoms. The SMILES string of the molecule is CCCCN(C)C(=O)C1CCN(C(=O)c2cn(C)c(=O)n2C)CC1. The van der Waals surface area contributed by atoms with Gasteiger partial charge in [-0.25, -0.2) is 4.79 Å². The summed E-state index contributed by atoms with van der Waals surface area (Å²) in [6.45, 7) is 4.01. The molecule has 0 bridgehead atoms. The van der Waals surface area contributed by atoms with Crippen LogP contribution in [-0.2, 0) is 18.9 Å². The number of piperidine rings is 1. The summed E-state index contributed by atoms with van der Waals surface area (Å²) in [4.78, 5) is 40.4. The normalized spacial score (nSPS) is 15.6. The van der Waals surface area contributed by atoms with Crippen LogP contribution in [0.2, 0.25) is 0 Å². The molecule has 1 aliphatic heterocycles. The second kappa shape index (κ2) is 7.68. The molecule has 0 radical (unpaired) electrons. The zero-order valence-corrected chi connectivity index (χ0v) is 15.1. The Morgan fingerprint density at radius 1 is 1.25 bits per heavy atom. The Morgan fingerprint density at radius 3 is 2.38 bits per heavy atom. The van der Waals surface area contributed by atoms with E-state index in [1.807, 2.05) is 11.9 Å². The fourth-order valence-electron chi connectivity index (χ4n) is 3.17. The largest absolute Gasteiger partial charge is 0.346 e. The highest BCUT2D eigenvalue weighted by atomic mass is 16.2. The lowest BCUT2D eigenvalue weighted by Gasteiger charge is -2.33. The summed E-state index contributed by atoms with van der Waals surface area (Å²) in [5.74, 6) is 0.0404. The zero-order valence-electron chi connectivity index (χ0n) is 15.1. The van der Waals surface area contributed by atoms with Crippen LogP contribution in [0.3, 0.4) is 0 Å². The molecule has 24 heavy (non-hydrogen) atoms. The fraction of sp³-hybridized carbons (Fsp3) is 0.706. The van der Waals surface area contributed by atoms with Gasteiger partial charge >= 0.3 is 5.69 Å². The van der Waals surface area contributed by atoms with Crippen LogP contribution in [-0.4, -0.2) is 57.4 Å². The predicted octanol–water partition coefficient (Wildman–Crippen LogP) is 0.835. The van der Waals surface area contributed by atoms with Crippen molar-refractivity contribution in [3.05, 3.63) is 22.4 Å². The summed E-state index contributed by atoms with van der Waals surface area (Å²) in [7, 11) is 5.10. The average molecular weight is 336 g/mol. The van der Waals surface area contributed by atoms with Gasteiger partial charge in [0.15, 0.2) is 0 Å². The van der Waals surface area contributed by atoms with Gasteiger partial charge in [-0.15, -0.1) is 0 Å². The number of imidazole rings is 1. The summed E-state index contributed by atoms with van der Waals surface area (Å²) in [5.41, 5.74) is 0.188. The first kappa shape index (κ1) is 18.3. The Labute approximate surface area is 142 Å². The van der Waals surface area contributed by atoms with E-state index in [1.54, 1.807) is 25.2 Å². The number of likely N-dealkylation sites (tertiary alicyclic amines) is 1. The number of aromatic nitrogens is 2. The van der Waals surface area contributed by atoms with Gasteiger partial charge in [-0.1, -0.05) is 13.3 Å². The Morgan fingerprint density at radius 2 is 1.88 bits per heavy atom. The van der Waals surface area contributed by atoms with Crippen LogP contribution >= 0.6 is 0 Å². The summed E-state index contributed by atoms with van der Waals surface area (Å²) in [5, 5.41) is 0. The first-order valence-corrected chi connectivity index (χ1v) is 8.63. The van der Waals surface area contributed by atoms with Gasteiger partial charge in [-0.2, -0.15) is 0 Å². The zero-order chi connectivity index (χ0) is 17.9. The van der Waals surface area contributed by atoms with Crippen molar-refractivity contribution < 1.29 is 9.59 Å². The molecule has 0 N–H and O–H groups in total. The average Bonchev–Trinajstić information content (AvgIpc) is 2.86. The molecule has 0 saturated carbocycles. The summed E-state index contributed by atoms with van der Waals surface area (Å²) >= 11 is 0. The summed E-state index contributed by atoms with van der Waals surface area (Å²) < 4.78 is 2.78. The topological polar surface area (TPSA) is 67.6 Å². The molecular weight excluding hydrogens is 308 g/mol. The summed E-state index contributed by atoms with van der Waals surface area (Å²) in [6.07, 6.45) is 5.02. The molecule has 7 nitrogen and oxygen atoms in total. The van der Waals surface area contributed by atoms with Crippen LogP contribution in [0.5, 0.6) is 0 Å². The number of carbonyl (C=O) groups is 2. The molecule has 1 aliphatic rings. The molecule has 0 atom stereocenters. The van der Waals surface area contributed by atoms with E-state index in [9.17, 15) is 14.4 Å². The maximum atomic E-state index is 12.6. The Bertz CT molecular complexity index is 653. The van der Waals surface area contributed by atoms with Crippen molar-refractivity contribution in [2.75, 3.05) is 26.7 Å². The third kappa shape index (κ3) is 3.71. The summed E-state index contributed by atoms with van der Waals surface area (Å²) in [6, 6.07) is 0. The second-order valence-corrected chi connectivity index (χ2v) is 6.65. The van der Waals surface area contributed by atoms with Gasteiger partial charge in [0.1, 0.15) is 5.69 Å². The highest BCUT2D eigenvalue weighted by molar-refractivity contribution is 5.92. The number of nitrogens with zero attached hydrogens (tertiary/aromatic N) is 4. The molecule has 1 aromatic rings. The van der Waals surface area contributed by atoms with E-state index in [2.05, 4.69) is 6.92 Å². The lowest BCUT2D eigenvalue weighted by atomic mass is 9.95. The molecular formula is C17H28N4O3. The molecule has 0 spiro atoms. The minimum atomic E-state index is -0.207. The van der Waals surface area contributed by atoms with Crippen molar-refractivity contribution in [2.45, 2.75) is 32.6 Å². The molecule has 2 rings (SSSR count). The van der Waals surface area contributed by atoms with Crippen LogP contribution in [0.25, 0.3) is 0 Å². The van der Waals surface area contributed by atoms with E-state index < -0.39 is 0 Å². The number of amides is 2. The van der Waals surface area contributed by atoms with Crippen molar-refractivity contribution in [3.8, 4) is 0 Å². The maximum Gasteiger partial charge on any atom is 0.328 e. The highest BCUT2D eigenvalue weighted by Crippen LogP contribution is 2.21. The van der Waals surface area contributed by atoms with Crippen LogP contribution < -0.4 is 5.69 Å². The van der Waals surface area contributed by atoms with Crippen LogP contribution in [0.1, 0.15) is 43.1 Å². The fourth-order valence-corrected chi connectivity index (χ4v) is 3.17. The van der Waals surface area contributed by atoms with Crippen molar-refractivity contribution in [1.82, 2.24) is 18.9 Å². The minimum Gasteiger partial charge on any atom is -0.346 e. The molecule has 2 amide bonds. The van der Waals surface area contributed by atoms with Crippen molar-refractivity contribution in [3.63, 3.8) is 0 Å². The van der Waals surface area contributed by atoms with E-state index in [0.717, 1.165) is 19.4 Å². The monoisotopic (exact) mass is 336 g/mol. The number of carbonyl (C=O) groups excluding carboxylic acids is 2. The Kier molecular flexibility index (Phi) is 5.85.